The molecule has 1 rings (SSSR count). The average molecular weight is 268 g/mol. The Morgan fingerprint density at radius 3 is 2.47 bits per heavy atom. The molecule has 0 amide bonds. The molecule has 0 spiro atoms. The number of aromatic nitrogens is 2. The summed E-state index contributed by atoms with van der Waals surface area (Å²) < 4.78 is 10.3. The van der Waals surface area contributed by atoms with E-state index in [2.05, 4.69) is 27.5 Å². The molecule has 0 bridgehead atoms. The molecule has 6 heteroatoms. The van der Waals surface area contributed by atoms with Gasteiger partial charge >= 0.3 is 0 Å². The first kappa shape index (κ1) is 15.7. The first-order chi connectivity index (χ1) is 9.23. The largest absolute Gasteiger partial charge is 0.383 e. The minimum absolute atomic E-state index is 0.241. The molecule has 108 valence electrons. The molecule has 1 heterocycles. The van der Waals surface area contributed by atoms with Crippen molar-refractivity contribution in [2.45, 2.75) is 32.9 Å². The highest BCUT2D eigenvalue weighted by Gasteiger charge is 2.09. The van der Waals surface area contributed by atoms with Crippen LogP contribution in [0.2, 0.25) is 0 Å². The van der Waals surface area contributed by atoms with Gasteiger partial charge in [0.05, 0.1) is 12.6 Å². The molecule has 0 fully saturated rings. The van der Waals surface area contributed by atoms with E-state index >= 15 is 0 Å². The van der Waals surface area contributed by atoms with Gasteiger partial charge in [-0.1, -0.05) is 6.92 Å². The molecule has 0 aliphatic carbocycles. The van der Waals surface area contributed by atoms with Crippen molar-refractivity contribution in [3.8, 4) is 0 Å². The number of hydrogen-bond acceptors (Lipinski definition) is 6. The molecular weight excluding hydrogens is 244 g/mol. The van der Waals surface area contributed by atoms with E-state index in [0.29, 0.717) is 19.0 Å². The fourth-order valence-corrected chi connectivity index (χ4v) is 1.71. The Labute approximate surface area is 114 Å². The fourth-order valence-electron chi connectivity index (χ4n) is 1.71. The fraction of sp³-hybridized carbons (Fsp3) is 0.692. The molecule has 0 saturated heterocycles. The second-order valence-corrected chi connectivity index (χ2v) is 4.22. The van der Waals surface area contributed by atoms with Crippen molar-refractivity contribution in [2.24, 2.45) is 0 Å². The van der Waals surface area contributed by atoms with Crippen molar-refractivity contribution in [3.63, 3.8) is 0 Å². The van der Waals surface area contributed by atoms with Crippen LogP contribution in [0.5, 0.6) is 0 Å². The van der Waals surface area contributed by atoms with E-state index in [4.69, 9.17) is 9.47 Å². The zero-order valence-electron chi connectivity index (χ0n) is 12.2. The summed E-state index contributed by atoms with van der Waals surface area (Å²) in [6.07, 6.45) is 0.966. The summed E-state index contributed by atoms with van der Waals surface area (Å²) in [6, 6.07) is 2.14. The molecule has 19 heavy (non-hydrogen) atoms. The van der Waals surface area contributed by atoms with Crippen molar-refractivity contribution in [2.75, 3.05) is 38.0 Å². The lowest BCUT2D eigenvalue weighted by atomic mass is 10.2. The first-order valence-electron chi connectivity index (χ1n) is 6.59. The lowest BCUT2D eigenvalue weighted by molar-refractivity contribution is 0.177. The molecule has 0 aliphatic heterocycles. The molecule has 2 N–H and O–H groups in total. The number of nitrogens with one attached hydrogen (secondary N) is 2. The summed E-state index contributed by atoms with van der Waals surface area (Å²) in [6.45, 7) is 6.01. The molecule has 0 radical (unpaired) electrons. The van der Waals surface area contributed by atoms with Gasteiger partial charge in [0.1, 0.15) is 18.2 Å². The maximum Gasteiger partial charge on any atom is 0.158 e. The van der Waals surface area contributed by atoms with Crippen LogP contribution in [0.3, 0.4) is 0 Å². The topological polar surface area (TPSA) is 68.3 Å². The summed E-state index contributed by atoms with van der Waals surface area (Å²) in [4.78, 5) is 8.81. The van der Waals surface area contributed by atoms with Gasteiger partial charge in [-0.05, 0) is 13.3 Å². The number of hydrogen-bond donors (Lipinski definition) is 2. The van der Waals surface area contributed by atoms with E-state index in [9.17, 15) is 0 Å². The number of ether oxygens (including phenoxy) is 2. The van der Waals surface area contributed by atoms with Crippen molar-refractivity contribution in [1.82, 2.24) is 9.97 Å². The highest BCUT2D eigenvalue weighted by Crippen LogP contribution is 2.14. The second kappa shape index (κ2) is 8.66. The summed E-state index contributed by atoms with van der Waals surface area (Å²) >= 11 is 0. The second-order valence-electron chi connectivity index (χ2n) is 4.22. The lowest BCUT2D eigenvalue weighted by Gasteiger charge is -2.17. The van der Waals surface area contributed by atoms with E-state index in [-0.39, 0.29) is 6.04 Å². The molecule has 6 nitrogen and oxygen atoms in total. The van der Waals surface area contributed by atoms with Gasteiger partial charge in [-0.15, -0.1) is 0 Å². The van der Waals surface area contributed by atoms with Gasteiger partial charge in [-0.2, -0.15) is 0 Å². The molecule has 0 saturated carbocycles. The van der Waals surface area contributed by atoms with Crippen LogP contribution in [-0.2, 0) is 16.1 Å². The quantitative estimate of drug-likeness (QED) is 0.713. The zero-order chi connectivity index (χ0) is 14.1. The normalized spacial score (nSPS) is 12.2. The van der Waals surface area contributed by atoms with E-state index in [0.717, 1.165) is 24.6 Å². The van der Waals surface area contributed by atoms with E-state index in [1.807, 2.05) is 13.0 Å². The van der Waals surface area contributed by atoms with Gasteiger partial charge in [0.25, 0.3) is 0 Å². The monoisotopic (exact) mass is 268 g/mol. The van der Waals surface area contributed by atoms with Crippen LogP contribution in [0.15, 0.2) is 6.07 Å². The van der Waals surface area contributed by atoms with Gasteiger partial charge in [-0.25, -0.2) is 9.97 Å². The smallest absolute Gasteiger partial charge is 0.158 e. The van der Waals surface area contributed by atoms with Crippen LogP contribution in [0, 0.1) is 0 Å². The van der Waals surface area contributed by atoms with Gasteiger partial charge in [0.2, 0.25) is 0 Å². The van der Waals surface area contributed by atoms with Crippen LogP contribution < -0.4 is 10.6 Å². The summed E-state index contributed by atoms with van der Waals surface area (Å²) in [7, 11) is 3.33. The minimum Gasteiger partial charge on any atom is -0.383 e. The first-order valence-corrected chi connectivity index (χ1v) is 6.59. The predicted octanol–water partition coefficient (Wildman–Crippen LogP) is 1.89. The maximum atomic E-state index is 5.18. The molecule has 1 aromatic heterocycles. The van der Waals surface area contributed by atoms with Crippen LogP contribution >= 0.6 is 0 Å². The van der Waals surface area contributed by atoms with Crippen LogP contribution in [0.25, 0.3) is 0 Å². The lowest BCUT2D eigenvalue weighted by Crippen LogP contribution is -2.25. The minimum atomic E-state index is 0.241. The number of rotatable bonds is 9. The molecule has 0 aromatic carbocycles. The van der Waals surface area contributed by atoms with E-state index in [1.54, 1.807) is 14.2 Å². The van der Waals surface area contributed by atoms with Crippen LogP contribution in [0.4, 0.5) is 11.6 Å². The maximum absolute atomic E-state index is 5.18. The Morgan fingerprint density at radius 1 is 1.16 bits per heavy atom. The third-order valence-corrected chi connectivity index (χ3v) is 2.62. The van der Waals surface area contributed by atoms with Crippen molar-refractivity contribution in [3.05, 3.63) is 11.9 Å². The Morgan fingerprint density at radius 2 is 1.89 bits per heavy atom. The number of nitrogens with zero attached hydrogens (tertiary/aromatic N) is 2. The Bertz CT molecular complexity index is 349. The predicted molar refractivity (Wildman–Crippen MR) is 76.5 cm³/mol. The van der Waals surface area contributed by atoms with Crippen LogP contribution in [0.1, 0.15) is 26.1 Å². The molecular formula is C13H24N4O2. The highest BCUT2D eigenvalue weighted by atomic mass is 16.5. The summed E-state index contributed by atoms with van der Waals surface area (Å²) in [5, 5.41) is 6.55. The van der Waals surface area contributed by atoms with Gasteiger partial charge in [-0.3, -0.25) is 0 Å². The van der Waals surface area contributed by atoms with Crippen LogP contribution in [-0.4, -0.2) is 43.4 Å². The Kier molecular flexibility index (Phi) is 7.14. The number of methoxy groups -OCH3 is 2. The SMILES string of the molecule is CCNc1cc(NC(CC)COC)nc(COC)n1. The van der Waals surface area contributed by atoms with Crippen molar-refractivity contribution < 1.29 is 9.47 Å². The Balaban J connectivity index is 2.84. The van der Waals surface area contributed by atoms with Gasteiger partial charge < -0.3 is 20.1 Å². The third-order valence-electron chi connectivity index (χ3n) is 2.62. The van der Waals surface area contributed by atoms with Gasteiger partial charge in [0.15, 0.2) is 5.82 Å². The molecule has 1 atom stereocenters. The molecule has 0 aliphatic rings. The van der Waals surface area contributed by atoms with Crippen molar-refractivity contribution >= 4 is 11.6 Å². The van der Waals surface area contributed by atoms with E-state index in [1.165, 1.54) is 0 Å². The third kappa shape index (κ3) is 5.40. The number of anilines is 2. The van der Waals surface area contributed by atoms with E-state index < -0.39 is 0 Å². The average Bonchev–Trinajstić information content (AvgIpc) is 2.39. The van der Waals surface area contributed by atoms with Gasteiger partial charge in [0, 0.05) is 26.8 Å². The standard InChI is InChI=1S/C13H24N4O2/c1-5-10(8-18-3)15-12-7-11(14-6-2)16-13(17-12)9-19-4/h7,10H,5-6,8-9H2,1-4H3,(H2,14,15,16,17). The molecule has 1 unspecified atom stereocenters. The highest BCUT2D eigenvalue weighted by molar-refractivity contribution is 5.48. The Hall–Kier alpha value is -1.40. The summed E-state index contributed by atoms with van der Waals surface area (Å²) in [5.41, 5.74) is 0. The molecule has 1 aromatic rings. The van der Waals surface area contributed by atoms with Crippen molar-refractivity contribution in [1.29, 1.82) is 0 Å². The zero-order valence-corrected chi connectivity index (χ0v) is 12.2. The summed E-state index contributed by atoms with van der Waals surface area (Å²) in [5.74, 6) is 2.26.